The van der Waals surface area contributed by atoms with Gasteiger partial charge < -0.3 is 14.1 Å². The van der Waals surface area contributed by atoms with Gasteiger partial charge in [-0.05, 0) is 74.0 Å². The number of rotatable bonds is 6. The van der Waals surface area contributed by atoms with Crippen molar-refractivity contribution in [3.8, 4) is 5.75 Å². The predicted molar refractivity (Wildman–Crippen MR) is 101 cm³/mol. The van der Waals surface area contributed by atoms with Gasteiger partial charge in [0, 0.05) is 19.5 Å². The maximum Gasteiger partial charge on any atom is 0.122 e. The summed E-state index contributed by atoms with van der Waals surface area (Å²) in [6, 6.07) is 8.61. The third-order valence-corrected chi connectivity index (χ3v) is 4.95. The molecule has 3 rings (SSSR count). The highest BCUT2D eigenvalue weighted by Gasteiger charge is 2.23. The van der Waals surface area contributed by atoms with Gasteiger partial charge in [-0.25, -0.2) is 0 Å². The number of methoxy groups -OCH3 is 1. The van der Waals surface area contributed by atoms with Crippen molar-refractivity contribution in [2.45, 2.75) is 38.5 Å². The van der Waals surface area contributed by atoms with E-state index in [1.165, 1.54) is 36.0 Å². The number of furan rings is 1. The van der Waals surface area contributed by atoms with Crippen LogP contribution in [0, 0.1) is 6.92 Å². The lowest BCUT2D eigenvalue weighted by Gasteiger charge is -2.30. The minimum Gasteiger partial charge on any atom is -0.496 e. The summed E-state index contributed by atoms with van der Waals surface area (Å²) in [7, 11) is 3.98. The van der Waals surface area contributed by atoms with Crippen molar-refractivity contribution in [1.82, 2.24) is 4.90 Å². The molecule has 3 nitrogen and oxygen atoms in total. The summed E-state index contributed by atoms with van der Waals surface area (Å²) in [6.45, 7) is 4.29. The number of nitrogens with zero attached hydrogens (tertiary/aromatic N) is 1. The van der Waals surface area contributed by atoms with E-state index in [9.17, 15) is 0 Å². The topological polar surface area (TPSA) is 25.6 Å². The van der Waals surface area contributed by atoms with Crippen molar-refractivity contribution >= 4 is 12.4 Å². The number of ether oxygens (including phenoxy) is 1. The molecule has 0 spiro atoms. The van der Waals surface area contributed by atoms with Gasteiger partial charge in [0.05, 0.1) is 13.4 Å². The Kier molecular flexibility index (Phi) is 6.76. The average molecular weight is 350 g/mol. The van der Waals surface area contributed by atoms with Gasteiger partial charge in [0.15, 0.2) is 0 Å². The number of likely N-dealkylation sites (N-methyl/N-ethyl adjacent to an activating group) is 1. The number of hydrogen-bond donors (Lipinski definition) is 0. The normalized spacial score (nSPS) is 16.6. The maximum absolute atomic E-state index is 5.49. The van der Waals surface area contributed by atoms with Gasteiger partial charge in [-0.15, -0.1) is 12.4 Å². The Balaban J connectivity index is 0.00000208. The first-order valence-corrected chi connectivity index (χ1v) is 8.55. The molecule has 0 N–H and O–H groups in total. The van der Waals surface area contributed by atoms with Gasteiger partial charge in [0.1, 0.15) is 11.5 Å². The van der Waals surface area contributed by atoms with Gasteiger partial charge in [0.25, 0.3) is 0 Å². The molecule has 1 atom stereocenters. The lowest BCUT2D eigenvalue weighted by molar-refractivity contribution is 0.293. The summed E-state index contributed by atoms with van der Waals surface area (Å²) in [6.07, 6.45) is 6.46. The zero-order valence-corrected chi connectivity index (χ0v) is 15.7. The van der Waals surface area contributed by atoms with E-state index >= 15 is 0 Å². The van der Waals surface area contributed by atoms with Crippen molar-refractivity contribution in [3.05, 3.63) is 53.0 Å². The lowest BCUT2D eigenvalue weighted by Crippen LogP contribution is -2.28. The van der Waals surface area contributed by atoms with Crippen molar-refractivity contribution in [2.24, 2.45) is 0 Å². The minimum atomic E-state index is 0. The van der Waals surface area contributed by atoms with E-state index in [1.54, 1.807) is 13.4 Å². The standard InChI is InChI=1S/C20H27NO2.ClH/c1-15-12-19-16(13-20(15)22-3)6-4-7-17(19)14-21(2)10-9-18-8-5-11-23-18;/h5,8,11-13,17H,4,6-7,9-10,14H2,1-3H3;1H. The molecule has 0 saturated carbocycles. The Labute approximate surface area is 151 Å². The van der Waals surface area contributed by atoms with Crippen molar-refractivity contribution < 1.29 is 9.15 Å². The highest BCUT2D eigenvalue weighted by Crippen LogP contribution is 2.36. The van der Waals surface area contributed by atoms with Gasteiger partial charge in [0.2, 0.25) is 0 Å². The fraction of sp³-hybridized carbons (Fsp3) is 0.500. The number of benzene rings is 1. The monoisotopic (exact) mass is 349 g/mol. The summed E-state index contributed by atoms with van der Waals surface area (Å²) in [5.74, 6) is 2.72. The van der Waals surface area contributed by atoms with Crippen molar-refractivity contribution in [2.75, 3.05) is 27.2 Å². The molecule has 0 bridgehead atoms. The first kappa shape index (κ1) is 18.9. The molecule has 0 saturated heterocycles. The number of aryl methyl sites for hydroxylation is 2. The van der Waals surface area contributed by atoms with Crippen LogP contribution < -0.4 is 4.74 Å². The molecule has 1 unspecified atom stereocenters. The Bertz CT molecular complexity index is 639. The molecule has 0 aliphatic heterocycles. The fourth-order valence-corrected chi connectivity index (χ4v) is 3.68. The summed E-state index contributed by atoms with van der Waals surface area (Å²) in [5, 5.41) is 0. The molecule has 4 heteroatoms. The highest BCUT2D eigenvalue weighted by molar-refractivity contribution is 5.85. The summed E-state index contributed by atoms with van der Waals surface area (Å²) < 4.78 is 10.9. The van der Waals surface area contributed by atoms with Crippen LogP contribution in [0.2, 0.25) is 0 Å². The summed E-state index contributed by atoms with van der Waals surface area (Å²) in [5.41, 5.74) is 4.25. The molecule has 0 fully saturated rings. The van der Waals surface area contributed by atoms with E-state index in [0.717, 1.165) is 31.0 Å². The minimum absolute atomic E-state index is 0. The maximum atomic E-state index is 5.49. The molecule has 24 heavy (non-hydrogen) atoms. The van der Waals surface area contributed by atoms with Crippen LogP contribution in [0.15, 0.2) is 34.9 Å². The molecule has 0 radical (unpaired) electrons. The zero-order valence-electron chi connectivity index (χ0n) is 14.9. The molecule has 1 aromatic carbocycles. The molecule has 1 aliphatic rings. The van der Waals surface area contributed by atoms with Crippen molar-refractivity contribution in [1.29, 1.82) is 0 Å². The van der Waals surface area contributed by atoms with Crippen LogP contribution in [0.4, 0.5) is 0 Å². The second kappa shape index (κ2) is 8.59. The van der Waals surface area contributed by atoms with Crippen LogP contribution in [-0.4, -0.2) is 32.1 Å². The Hall–Kier alpha value is -1.45. The fourth-order valence-electron chi connectivity index (χ4n) is 3.68. The van der Waals surface area contributed by atoms with Crippen LogP contribution in [-0.2, 0) is 12.8 Å². The van der Waals surface area contributed by atoms with Gasteiger partial charge in [-0.1, -0.05) is 6.07 Å². The molecule has 0 amide bonds. The van der Waals surface area contributed by atoms with Crippen LogP contribution in [0.5, 0.6) is 5.75 Å². The number of hydrogen-bond acceptors (Lipinski definition) is 3. The predicted octanol–water partition coefficient (Wildman–Crippen LogP) is 4.61. The molecule has 1 heterocycles. The lowest BCUT2D eigenvalue weighted by atomic mass is 9.81. The van der Waals surface area contributed by atoms with Crippen LogP contribution in [0.1, 0.15) is 41.2 Å². The van der Waals surface area contributed by atoms with E-state index in [1.807, 2.05) is 6.07 Å². The molecule has 132 valence electrons. The quantitative estimate of drug-likeness (QED) is 0.761. The van der Waals surface area contributed by atoms with Crippen LogP contribution in [0.25, 0.3) is 0 Å². The van der Waals surface area contributed by atoms with E-state index in [2.05, 4.69) is 37.1 Å². The Morgan fingerprint density at radius 3 is 2.88 bits per heavy atom. The third-order valence-electron chi connectivity index (χ3n) is 4.95. The highest BCUT2D eigenvalue weighted by atomic mass is 35.5. The van der Waals surface area contributed by atoms with E-state index in [-0.39, 0.29) is 12.4 Å². The smallest absolute Gasteiger partial charge is 0.122 e. The van der Waals surface area contributed by atoms with Gasteiger partial charge in [-0.3, -0.25) is 0 Å². The molecule has 1 aliphatic carbocycles. The van der Waals surface area contributed by atoms with Gasteiger partial charge >= 0.3 is 0 Å². The molecule has 2 aromatic rings. The molecular formula is C20H28ClNO2. The SMILES string of the molecule is COc1cc2c(cc1C)C(CN(C)CCc1ccco1)CCC2.Cl. The van der Waals surface area contributed by atoms with Gasteiger partial charge in [-0.2, -0.15) is 0 Å². The Morgan fingerprint density at radius 1 is 1.33 bits per heavy atom. The Morgan fingerprint density at radius 2 is 2.17 bits per heavy atom. The first-order valence-electron chi connectivity index (χ1n) is 8.55. The molecular weight excluding hydrogens is 322 g/mol. The average Bonchev–Trinajstić information content (AvgIpc) is 3.06. The first-order chi connectivity index (χ1) is 11.2. The second-order valence-electron chi connectivity index (χ2n) is 6.70. The zero-order chi connectivity index (χ0) is 16.2. The van der Waals surface area contributed by atoms with E-state index in [4.69, 9.17) is 9.15 Å². The summed E-state index contributed by atoms with van der Waals surface area (Å²) >= 11 is 0. The van der Waals surface area contributed by atoms with Crippen LogP contribution in [0.3, 0.4) is 0 Å². The number of halogens is 1. The number of fused-ring (bicyclic) bond motifs is 1. The van der Waals surface area contributed by atoms with Crippen LogP contribution >= 0.6 is 12.4 Å². The van der Waals surface area contributed by atoms with E-state index in [0.29, 0.717) is 5.92 Å². The summed E-state index contributed by atoms with van der Waals surface area (Å²) in [4.78, 5) is 2.43. The van der Waals surface area contributed by atoms with Crippen molar-refractivity contribution in [3.63, 3.8) is 0 Å². The third kappa shape index (κ3) is 4.34. The second-order valence-corrected chi connectivity index (χ2v) is 6.70. The largest absolute Gasteiger partial charge is 0.496 e. The molecule has 1 aromatic heterocycles. The van der Waals surface area contributed by atoms with E-state index < -0.39 is 0 Å².